The topological polar surface area (TPSA) is 81.2 Å². The lowest BCUT2D eigenvalue weighted by molar-refractivity contribution is -0.147. The van der Waals surface area contributed by atoms with Crippen molar-refractivity contribution in [2.45, 2.75) is 54.8 Å². The Bertz CT molecular complexity index is 1370. The molecule has 3 amide bonds. The number of hydrogen-bond donors (Lipinski definition) is 1. The summed E-state index contributed by atoms with van der Waals surface area (Å²) in [6.45, 7) is 3.87. The van der Waals surface area contributed by atoms with Gasteiger partial charge in [0, 0.05) is 31.4 Å². The number of thioether (sulfide) groups is 1. The lowest BCUT2D eigenvalue weighted by Crippen LogP contribution is -2.57. The Balaban J connectivity index is 1.40. The van der Waals surface area contributed by atoms with Gasteiger partial charge in [-0.3, -0.25) is 14.4 Å². The zero-order chi connectivity index (χ0) is 29.3. The molecule has 42 heavy (non-hydrogen) atoms. The van der Waals surface area contributed by atoms with Crippen LogP contribution in [0.4, 0.5) is 0 Å². The number of unbranched alkanes of at least 4 members (excludes halogenated alkanes) is 1. The van der Waals surface area contributed by atoms with Crippen molar-refractivity contribution in [2.24, 2.45) is 11.8 Å². The Morgan fingerprint density at radius 2 is 1.60 bits per heavy atom. The maximum absolute atomic E-state index is 14.7. The summed E-state index contributed by atoms with van der Waals surface area (Å²) in [6, 6.07) is 18.3. The molecule has 2 saturated heterocycles. The van der Waals surface area contributed by atoms with E-state index in [1.54, 1.807) is 16.7 Å². The van der Waals surface area contributed by atoms with E-state index < -0.39 is 28.7 Å². The van der Waals surface area contributed by atoms with Crippen molar-refractivity contribution in [3.8, 4) is 0 Å². The van der Waals surface area contributed by atoms with Gasteiger partial charge in [-0.05, 0) is 24.0 Å². The van der Waals surface area contributed by atoms with Crippen molar-refractivity contribution < 1.29 is 19.5 Å². The third-order valence-electron chi connectivity index (χ3n) is 9.18. The van der Waals surface area contributed by atoms with Gasteiger partial charge >= 0.3 is 0 Å². The number of hydrogen-bond acceptors (Lipinski definition) is 5. The first-order valence-corrected chi connectivity index (χ1v) is 16.0. The van der Waals surface area contributed by atoms with Gasteiger partial charge in [-0.2, -0.15) is 0 Å². The molecular weight excluding hydrogens is 546 g/mol. The van der Waals surface area contributed by atoms with Crippen LogP contribution in [0.5, 0.6) is 0 Å². The van der Waals surface area contributed by atoms with Crippen molar-refractivity contribution in [3.05, 3.63) is 96.1 Å². The van der Waals surface area contributed by atoms with E-state index in [2.05, 4.69) is 19.1 Å². The van der Waals surface area contributed by atoms with Crippen LogP contribution in [0.2, 0.25) is 0 Å². The number of carbonyl (C=O) groups excluding carboxylic acids is 3. The van der Waals surface area contributed by atoms with E-state index in [1.165, 1.54) is 0 Å². The molecule has 0 aromatic heterocycles. The van der Waals surface area contributed by atoms with E-state index in [0.717, 1.165) is 24.0 Å². The first-order chi connectivity index (χ1) is 20.5. The molecule has 1 spiro atoms. The van der Waals surface area contributed by atoms with Gasteiger partial charge in [-0.25, -0.2) is 0 Å². The van der Waals surface area contributed by atoms with E-state index in [4.69, 9.17) is 0 Å². The first-order valence-electron chi connectivity index (χ1n) is 15.1. The second-order valence-electron chi connectivity index (χ2n) is 11.8. The molecule has 2 aromatic carbocycles. The molecule has 4 heterocycles. The number of fused-ring (bicyclic) bond motifs is 2. The third kappa shape index (κ3) is 4.98. The molecule has 1 unspecified atom stereocenters. The second-order valence-corrected chi connectivity index (χ2v) is 13.3. The van der Waals surface area contributed by atoms with E-state index in [1.807, 2.05) is 82.6 Å². The van der Waals surface area contributed by atoms with Crippen LogP contribution in [0, 0.1) is 11.8 Å². The smallest absolute Gasteiger partial charge is 0.247 e. The number of aliphatic hydroxyl groups excluding tert-OH is 1. The first kappa shape index (κ1) is 28.7. The van der Waals surface area contributed by atoms with E-state index in [0.29, 0.717) is 32.6 Å². The fraction of sp³-hybridized carbons (Fsp3) is 0.441. The Labute approximate surface area is 252 Å². The number of amides is 3. The molecule has 2 fully saturated rings. The SMILES string of the molecule is CCCCN1CC=C[C@]23S[C@H]4C=CCN(Cc5ccccc5)C(=O)[C@H]4[C@H]2C(=O)N([C@@H](CO)Cc2ccccc2)C3C1=O. The molecule has 4 aliphatic rings. The highest BCUT2D eigenvalue weighted by Crippen LogP contribution is 2.61. The highest BCUT2D eigenvalue weighted by molar-refractivity contribution is 8.02. The molecule has 220 valence electrons. The fourth-order valence-electron chi connectivity index (χ4n) is 7.20. The molecule has 1 N–H and O–H groups in total. The number of aliphatic hydroxyl groups is 1. The Hall–Kier alpha value is -3.36. The number of rotatable bonds is 9. The van der Waals surface area contributed by atoms with Crippen molar-refractivity contribution in [1.29, 1.82) is 0 Å². The average Bonchev–Trinajstić information content (AvgIpc) is 3.34. The lowest BCUT2D eigenvalue weighted by atomic mass is 9.78. The zero-order valence-electron chi connectivity index (χ0n) is 24.0. The Morgan fingerprint density at radius 1 is 0.905 bits per heavy atom. The highest BCUT2D eigenvalue weighted by atomic mass is 32.2. The summed E-state index contributed by atoms with van der Waals surface area (Å²) in [7, 11) is 0. The van der Waals surface area contributed by atoms with Crippen LogP contribution >= 0.6 is 11.8 Å². The molecule has 0 saturated carbocycles. The minimum atomic E-state index is -0.885. The summed E-state index contributed by atoms with van der Waals surface area (Å²) in [5.41, 5.74) is 2.03. The van der Waals surface area contributed by atoms with Gasteiger partial charge < -0.3 is 19.8 Å². The van der Waals surface area contributed by atoms with E-state index in [9.17, 15) is 19.5 Å². The monoisotopic (exact) mass is 585 g/mol. The Morgan fingerprint density at radius 3 is 2.29 bits per heavy atom. The summed E-state index contributed by atoms with van der Waals surface area (Å²) in [6.07, 6.45) is 10.5. The standard InChI is InChI=1S/C34H39N3O4S/c1-2-3-18-35-20-11-17-34-29(28-27(42-34)16-10-19-36(31(28)39)22-25-14-8-5-9-15-25)32(40)37(30(34)33(35)41)26(23-38)21-24-12-6-4-7-13-24/h4-17,26-30,38H,2-3,18-23H2,1H3/t26-,27+,28-,29+,30?,34+/m1/s1. The van der Waals surface area contributed by atoms with Gasteiger partial charge in [0.05, 0.1) is 29.2 Å². The summed E-state index contributed by atoms with van der Waals surface area (Å²) < 4.78 is -0.885. The molecule has 6 rings (SSSR count). The number of likely N-dealkylation sites (tertiary alicyclic amines) is 1. The molecule has 4 aliphatic heterocycles. The Kier molecular flexibility index (Phi) is 8.28. The van der Waals surface area contributed by atoms with E-state index in [-0.39, 0.29) is 29.6 Å². The summed E-state index contributed by atoms with van der Waals surface area (Å²) in [5.74, 6) is -1.62. The summed E-state index contributed by atoms with van der Waals surface area (Å²) >= 11 is 1.59. The van der Waals surface area contributed by atoms with Crippen molar-refractivity contribution in [1.82, 2.24) is 14.7 Å². The van der Waals surface area contributed by atoms with Crippen LogP contribution in [0.25, 0.3) is 0 Å². The normalized spacial score (nSPS) is 29.3. The van der Waals surface area contributed by atoms with Crippen LogP contribution in [0.3, 0.4) is 0 Å². The van der Waals surface area contributed by atoms with E-state index >= 15 is 0 Å². The van der Waals surface area contributed by atoms with Gasteiger partial charge in [-0.1, -0.05) is 98.3 Å². The number of carbonyl (C=O) groups is 3. The summed E-state index contributed by atoms with van der Waals surface area (Å²) in [4.78, 5) is 48.8. The lowest BCUT2D eigenvalue weighted by Gasteiger charge is -2.38. The van der Waals surface area contributed by atoms with Crippen molar-refractivity contribution in [2.75, 3.05) is 26.2 Å². The van der Waals surface area contributed by atoms with Crippen molar-refractivity contribution >= 4 is 29.5 Å². The maximum Gasteiger partial charge on any atom is 0.247 e. The van der Waals surface area contributed by atoms with Gasteiger partial charge in [0.25, 0.3) is 0 Å². The van der Waals surface area contributed by atoms with Crippen LogP contribution in [0.15, 0.2) is 85.0 Å². The molecule has 0 bridgehead atoms. The maximum atomic E-state index is 14.7. The molecular formula is C34H39N3O4S. The number of nitrogens with zero attached hydrogens (tertiary/aromatic N) is 3. The average molecular weight is 586 g/mol. The van der Waals surface area contributed by atoms with Crippen LogP contribution < -0.4 is 0 Å². The molecule has 2 aromatic rings. The van der Waals surface area contributed by atoms with Crippen LogP contribution in [-0.2, 0) is 27.3 Å². The van der Waals surface area contributed by atoms with Crippen molar-refractivity contribution in [3.63, 3.8) is 0 Å². The third-order valence-corrected chi connectivity index (χ3v) is 10.9. The fourth-order valence-corrected chi connectivity index (χ4v) is 9.20. The summed E-state index contributed by atoms with van der Waals surface area (Å²) in [5, 5.41) is 10.5. The van der Waals surface area contributed by atoms with Crippen LogP contribution in [-0.4, -0.2) is 85.8 Å². The number of benzene rings is 2. The molecule has 8 heteroatoms. The molecule has 0 aliphatic carbocycles. The van der Waals surface area contributed by atoms with Gasteiger partial charge in [0.1, 0.15) is 6.04 Å². The predicted octanol–water partition coefficient (Wildman–Crippen LogP) is 3.68. The predicted molar refractivity (Wildman–Crippen MR) is 164 cm³/mol. The molecule has 0 radical (unpaired) electrons. The highest BCUT2D eigenvalue weighted by Gasteiger charge is 2.71. The minimum absolute atomic E-state index is 0.0475. The van der Waals surface area contributed by atoms with Gasteiger partial charge in [-0.15, -0.1) is 11.8 Å². The minimum Gasteiger partial charge on any atom is -0.394 e. The van der Waals surface area contributed by atoms with Gasteiger partial charge in [0.15, 0.2) is 0 Å². The largest absolute Gasteiger partial charge is 0.394 e. The molecule has 7 nitrogen and oxygen atoms in total. The quantitative estimate of drug-likeness (QED) is 0.454. The molecule has 6 atom stereocenters. The van der Waals surface area contributed by atoms with Crippen LogP contribution in [0.1, 0.15) is 30.9 Å². The van der Waals surface area contributed by atoms with Gasteiger partial charge in [0.2, 0.25) is 17.7 Å². The second kappa shape index (κ2) is 12.1. The zero-order valence-corrected chi connectivity index (χ0v) is 24.9.